The molecule has 1 aliphatic heterocycles. The van der Waals surface area contributed by atoms with E-state index in [1.807, 2.05) is 12.1 Å². The first kappa shape index (κ1) is 14.4. The van der Waals surface area contributed by atoms with E-state index in [0.29, 0.717) is 12.3 Å². The molecule has 1 aromatic carbocycles. The van der Waals surface area contributed by atoms with Crippen molar-refractivity contribution >= 4 is 17.5 Å². The van der Waals surface area contributed by atoms with Crippen LogP contribution in [-0.2, 0) is 11.2 Å². The Kier molecular flexibility index (Phi) is 4.19. The van der Waals surface area contributed by atoms with Gasteiger partial charge in [-0.3, -0.25) is 4.79 Å². The fourth-order valence-electron chi connectivity index (χ4n) is 2.98. The van der Waals surface area contributed by atoms with E-state index in [0.717, 1.165) is 17.9 Å². The van der Waals surface area contributed by atoms with Gasteiger partial charge in [0.05, 0.1) is 0 Å². The maximum atomic E-state index is 11.8. The molecular formula is C16H22ClNO. The first-order valence-corrected chi connectivity index (χ1v) is 7.31. The molecule has 1 aromatic rings. The predicted octanol–water partition coefficient (Wildman–Crippen LogP) is 3.82. The third-order valence-corrected chi connectivity index (χ3v) is 4.22. The summed E-state index contributed by atoms with van der Waals surface area (Å²) < 4.78 is 0. The second kappa shape index (κ2) is 5.54. The molecule has 3 heteroatoms. The highest BCUT2D eigenvalue weighted by Crippen LogP contribution is 2.38. The van der Waals surface area contributed by atoms with Crippen molar-refractivity contribution in [2.75, 3.05) is 0 Å². The molecule has 1 amide bonds. The van der Waals surface area contributed by atoms with Gasteiger partial charge in [-0.15, -0.1) is 0 Å². The van der Waals surface area contributed by atoms with Crippen LogP contribution >= 0.6 is 11.6 Å². The summed E-state index contributed by atoms with van der Waals surface area (Å²) in [5.74, 6) is 0.773. The lowest BCUT2D eigenvalue weighted by atomic mass is 9.74. The number of halogens is 1. The van der Waals surface area contributed by atoms with Gasteiger partial charge in [0, 0.05) is 22.9 Å². The molecule has 1 fully saturated rings. The van der Waals surface area contributed by atoms with Gasteiger partial charge in [0.15, 0.2) is 0 Å². The van der Waals surface area contributed by atoms with E-state index in [2.05, 4.69) is 38.2 Å². The van der Waals surface area contributed by atoms with E-state index < -0.39 is 0 Å². The fraction of sp³-hybridized carbons (Fsp3) is 0.562. The summed E-state index contributed by atoms with van der Waals surface area (Å²) in [4.78, 5) is 11.8. The standard InChI is InChI=1S/C16H22ClNO/c1-11(2)8-14-16(3,10-15(19)18-14)9-12-4-6-13(17)7-5-12/h4-7,11,14H,8-10H2,1-3H3,(H,18,19). The third kappa shape index (κ3) is 3.50. The number of hydrogen-bond donors (Lipinski definition) is 1. The van der Waals surface area contributed by atoms with Crippen LogP contribution in [0.5, 0.6) is 0 Å². The molecule has 0 radical (unpaired) electrons. The minimum atomic E-state index is 0.00911. The lowest BCUT2D eigenvalue weighted by Gasteiger charge is -2.31. The Hall–Kier alpha value is -1.02. The molecule has 1 N–H and O–H groups in total. The van der Waals surface area contributed by atoms with E-state index in [9.17, 15) is 4.79 Å². The fourth-order valence-corrected chi connectivity index (χ4v) is 3.10. The minimum Gasteiger partial charge on any atom is -0.353 e. The van der Waals surface area contributed by atoms with Gasteiger partial charge in [0.2, 0.25) is 5.91 Å². The molecular weight excluding hydrogens is 258 g/mol. The number of carbonyl (C=O) groups excluding carboxylic acids is 1. The van der Waals surface area contributed by atoms with Crippen LogP contribution in [-0.4, -0.2) is 11.9 Å². The summed E-state index contributed by atoms with van der Waals surface area (Å²) in [5, 5.41) is 3.90. The van der Waals surface area contributed by atoms with Crippen molar-refractivity contribution in [3.05, 3.63) is 34.9 Å². The highest BCUT2D eigenvalue weighted by molar-refractivity contribution is 6.30. The number of hydrogen-bond acceptors (Lipinski definition) is 1. The summed E-state index contributed by atoms with van der Waals surface area (Å²) in [7, 11) is 0. The maximum absolute atomic E-state index is 11.8. The Morgan fingerprint density at radius 1 is 1.37 bits per heavy atom. The van der Waals surface area contributed by atoms with Gasteiger partial charge < -0.3 is 5.32 Å². The van der Waals surface area contributed by atoms with Crippen molar-refractivity contribution in [3.63, 3.8) is 0 Å². The quantitative estimate of drug-likeness (QED) is 0.892. The Morgan fingerprint density at radius 3 is 2.58 bits per heavy atom. The van der Waals surface area contributed by atoms with Gasteiger partial charge in [-0.05, 0) is 36.5 Å². The highest BCUT2D eigenvalue weighted by atomic mass is 35.5. The summed E-state index contributed by atoms with van der Waals surface area (Å²) in [6.45, 7) is 6.62. The van der Waals surface area contributed by atoms with Gasteiger partial charge in [-0.1, -0.05) is 44.5 Å². The number of amides is 1. The van der Waals surface area contributed by atoms with E-state index >= 15 is 0 Å². The van der Waals surface area contributed by atoms with Gasteiger partial charge in [0.1, 0.15) is 0 Å². The summed E-state index contributed by atoms with van der Waals surface area (Å²) in [6, 6.07) is 8.23. The Morgan fingerprint density at radius 2 is 2.00 bits per heavy atom. The molecule has 2 atom stereocenters. The van der Waals surface area contributed by atoms with Crippen molar-refractivity contribution in [1.29, 1.82) is 0 Å². The van der Waals surface area contributed by atoms with Crippen LogP contribution in [0.2, 0.25) is 5.02 Å². The van der Waals surface area contributed by atoms with E-state index in [1.165, 1.54) is 5.56 Å². The van der Waals surface area contributed by atoms with Crippen molar-refractivity contribution in [2.24, 2.45) is 11.3 Å². The number of rotatable bonds is 4. The molecule has 0 bridgehead atoms. The average Bonchev–Trinajstić information content (AvgIpc) is 2.56. The molecule has 2 unspecified atom stereocenters. The van der Waals surface area contributed by atoms with Crippen LogP contribution in [0.15, 0.2) is 24.3 Å². The van der Waals surface area contributed by atoms with Gasteiger partial charge in [0.25, 0.3) is 0 Å². The Labute approximate surface area is 120 Å². The average molecular weight is 280 g/mol. The first-order chi connectivity index (χ1) is 8.89. The van der Waals surface area contributed by atoms with E-state index in [4.69, 9.17) is 11.6 Å². The zero-order chi connectivity index (χ0) is 14.0. The summed E-state index contributed by atoms with van der Waals surface area (Å²) in [6.07, 6.45) is 2.57. The lowest BCUT2D eigenvalue weighted by Crippen LogP contribution is -2.37. The van der Waals surface area contributed by atoms with Crippen molar-refractivity contribution < 1.29 is 4.79 Å². The second-order valence-electron chi connectivity index (χ2n) is 6.38. The number of carbonyl (C=O) groups is 1. The molecule has 0 aromatic heterocycles. The molecule has 2 rings (SSSR count). The van der Waals surface area contributed by atoms with Crippen LogP contribution in [0.25, 0.3) is 0 Å². The van der Waals surface area contributed by atoms with Gasteiger partial charge >= 0.3 is 0 Å². The van der Waals surface area contributed by atoms with Crippen molar-refractivity contribution in [3.8, 4) is 0 Å². The van der Waals surface area contributed by atoms with Crippen molar-refractivity contribution in [1.82, 2.24) is 5.32 Å². The normalized spacial score (nSPS) is 26.8. The molecule has 1 heterocycles. The predicted molar refractivity (Wildman–Crippen MR) is 79.3 cm³/mol. The van der Waals surface area contributed by atoms with Gasteiger partial charge in [-0.25, -0.2) is 0 Å². The van der Waals surface area contributed by atoms with E-state index in [-0.39, 0.29) is 17.4 Å². The van der Waals surface area contributed by atoms with Crippen LogP contribution < -0.4 is 5.32 Å². The monoisotopic (exact) mass is 279 g/mol. The first-order valence-electron chi connectivity index (χ1n) is 6.93. The van der Waals surface area contributed by atoms with Crippen LogP contribution in [0.4, 0.5) is 0 Å². The third-order valence-electron chi connectivity index (χ3n) is 3.97. The van der Waals surface area contributed by atoms with Crippen molar-refractivity contribution in [2.45, 2.75) is 46.1 Å². The maximum Gasteiger partial charge on any atom is 0.220 e. The van der Waals surface area contributed by atoms with Crippen LogP contribution in [0.3, 0.4) is 0 Å². The topological polar surface area (TPSA) is 29.1 Å². The molecule has 0 spiro atoms. The number of nitrogens with one attached hydrogen (secondary N) is 1. The minimum absolute atomic E-state index is 0.00911. The molecule has 104 valence electrons. The summed E-state index contributed by atoms with van der Waals surface area (Å²) in [5.41, 5.74) is 1.26. The Bertz CT molecular complexity index is 454. The zero-order valence-electron chi connectivity index (χ0n) is 11.9. The second-order valence-corrected chi connectivity index (χ2v) is 6.82. The molecule has 2 nitrogen and oxygen atoms in total. The smallest absolute Gasteiger partial charge is 0.220 e. The number of benzene rings is 1. The molecule has 0 saturated carbocycles. The van der Waals surface area contributed by atoms with E-state index in [1.54, 1.807) is 0 Å². The van der Waals surface area contributed by atoms with Gasteiger partial charge in [-0.2, -0.15) is 0 Å². The summed E-state index contributed by atoms with van der Waals surface area (Å²) >= 11 is 5.92. The largest absolute Gasteiger partial charge is 0.353 e. The molecule has 19 heavy (non-hydrogen) atoms. The zero-order valence-corrected chi connectivity index (χ0v) is 12.6. The Balaban J connectivity index is 2.14. The molecule has 0 aliphatic carbocycles. The molecule has 1 saturated heterocycles. The highest BCUT2D eigenvalue weighted by Gasteiger charge is 2.42. The lowest BCUT2D eigenvalue weighted by molar-refractivity contribution is -0.119. The molecule has 1 aliphatic rings. The SMILES string of the molecule is CC(C)CC1NC(=O)CC1(C)Cc1ccc(Cl)cc1. The van der Waals surface area contributed by atoms with Crippen LogP contribution in [0.1, 0.15) is 39.2 Å². The van der Waals surface area contributed by atoms with Crippen LogP contribution in [0, 0.1) is 11.3 Å².